The van der Waals surface area contributed by atoms with E-state index in [9.17, 15) is 4.79 Å². The Hall–Kier alpha value is -2.76. The Morgan fingerprint density at radius 1 is 1.04 bits per heavy atom. The Kier molecular flexibility index (Phi) is 4.87. The molecule has 0 bridgehead atoms. The SMILES string of the molecule is COc1cc2c(cc1OC)C(=O)C(=Cc1cc(-c3ccc(Cl)c(Cl)c3)n[nH]1)C2. The zero-order valence-corrected chi connectivity index (χ0v) is 16.7. The van der Waals surface area contributed by atoms with Crippen LogP contribution in [0.5, 0.6) is 11.5 Å². The Bertz CT molecular complexity index is 1120. The molecule has 142 valence electrons. The average molecular weight is 415 g/mol. The highest BCUT2D eigenvalue weighted by molar-refractivity contribution is 6.42. The van der Waals surface area contributed by atoms with E-state index in [1.165, 1.54) is 0 Å². The molecule has 0 saturated heterocycles. The maximum atomic E-state index is 12.8. The van der Waals surface area contributed by atoms with Crippen molar-refractivity contribution in [3.05, 3.63) is 68.8 Å². The first-order valence-electron chi connectivity index (χ1n) is 8.51. The summed E-state index contributed by atoms with van der Waals surface area (Å²) in [5.74, 6) is 1.12. The smallest absolute Gasteiger partial charge is 0.189 e. The number of benzene rings is 2. The summed E-state index contributed by atoms with van der Waals surface area (Å²) < 4.78 is 10.6. The maximum absolute atomic E-state index is 12.8. The minimum atomic E-state index is -0.0263. The molecule has 1 aliphatic carbocycles. The third-order valence-corrected chi connectivity index (χ3v) is 5.41. The van der Waals surface area contributed by atoms with Crippen molar-refractivity contribution in [1.29, 1.82) is 0 Å². The Morgan fingerprint density at radius 2 is 1.79 bits per heavy atom. The summed E-state index contributed by atoms with van der Waals surface area (Å²) in [6.45, 7) is 0. The monoisotopic (exact) mass is 414 g/mol. The summed E-state index contributed by atoms with van der Waals surface area (Å²) in [6.07, 6.45) is 2.34. The zero-order valence-electron chi connectivity index (χ0n) is 15.2. The van der Waals surface area contributed by atoms with Gasteiger partial charge in [-0.2, -0.15) is 5.10 Å². The number of nitrogens with zero attached hydrogens (tertiary/aromatic N) is 1. The lowest BCUT2D eigenvalue weighted by Crippen LogP contribution is -1.97. The second-order valence-electron chi connectivity index (χ2n) is 6.38. The molecule has 0 unspecified atom stereocenters. The van der Waals surface area contributed by atoms with E-state index in [-0.39, 0.29) is 5.78 Å². The molecule has 2 aromatic carbocycles. The number of nitrogens with one attached hydrogen (secondary N) is 1. The van der Waals surface area contributed by atoms with E-state index in [1.54, 1.807) is 32.4 Å². The fourth-order valence-electron chi connectivity index (χ4n) is 3.26. The first-order valence-corrected chi connectivity index (χ1v) is 9.26. The topological polar surface area (TPSA) is 64.2 Å². The highest BCUT2D eigenvalue weighted by Gasteiger charge is 2.27. The number of hydrogen-bond donors (Lipinski definition) is 1. The molecule has 7 heteroatoms. The summed E-state index contributed by atoms with van der Waals surface area (Å²) in [7, 11) is 3.13. The largest absolute Gasteiger partial charge is 0.493 e. The predicted molar refractivity (Wildman–Crippen MR) is 110 cm³/mol. The number of Topliss-reactive ketones (excluding diaryl/α,β-unsaturated/α-hetero) is 1. The zero-order chi connectivity index (χ0) is 19.8. The van der Waals surface area contributed by atoms with Gasteiger partial charge in [-0.25, -0.2) is 0 Å². The summed E-state index contributed by atoms with van der Waals surface area (Å²) in [5.41, 5.74) is 4.51. The van der Waals surface area contributed by atoms with Gasteiger partial charge in [-0.15, -0.1) is 0 Å². The number of aromatic nitrogens is 2. The summed E-state index contributed by atoms with van der Waals surface area (Å²) in [6, 6.07) is 10.8. The molecular weight excluding hydrogens is 399 g/mol. The quantitative estimate of drug-likeness (QED) is 0.594. The van der Waals surface area contributed by atoms with Crippen LogP contribution in [0.15, 0.2) is 42.0 Å². The van der Waals surface area contributed by atoms with Crippen molar-refractivity contribution in [2.24, 2.45) is 0 Å². The van der Waals surface area contributed by atoms with Gasteiger partial charge < -0.3 is 9.47 Å². The number of aromatic amines is 1. The minimum Gasteiger partial charge on any atom is -0.493 e. The normalized spacial score (nSPS) is 14.4. The van der Waals surface area contributed by atoms with Crippen molar-refractivity contribution in [2.45, 2.75) is 6.42 Å². The lowest BCUT2D eigenvalue weighted by atomic mass is 10.1. The van der Waals surface area contributed by atoms with Gasteiger partial charge in [0.15, 0.2) is 17.3 Å². The molecule has 1 aliphatic rings. The Morgan fingerprint density at radius 3 is 2.50 bits per heavy atom. The molecule has 0 aliphatic heterocycles. The van der Waals surface area contributed by atoms with Crippen LogP contribution in [0.1, 0.15) is 21.6 Å². The highest BCUT2D eigenvalue weighted by atomic mass is 35.5. The van der Waals surface area contributed by atoms with Crippen molar-refractivity contribution in [2.75, 3.05) is 14.2 Å². The molecule has 0 radical (unpaired) electrons. The molecule has 0 fully saturated rings. The number of carbonyl (C=O) groups excluding carboxylic acids is 1. The number of ether oxygens (including phenoxy) is 2. The minimum absolute atomic E-state index is 0.0263. The van der Waals surface area contributed by atoms with Gasteiger partial charge in [-0.05, 0) is 42.0 Å². The molecule has 1 aromatic heterocycles. The standard InChI is InChI=1S/C21H16Cl2N2O3/c1-27-19-8-12-5-13(21(26)15(12)10-20(19)28-2)6-14-9-18(25-24-14)11-3-4-16(22)17(23)7-11/h3-4,6-10H,5H2,1-2H3,(H,24,25). The third kappa shape index (κ3) is 3.28. The van der Waals surface area contributed by atoms with Crippen molar-refractivity contribution < 1.29 is 14.3 Å². The number of halogens is 2. The predicted octanol–water partition coefficient (Wildman–Crippen LogP) is 5.22. The van der Waals surface area contributed by atoms with E-state index in [2.05, 4.69) is 10.2 Å². The van der Waals surface area contributed by atoms with Crippen LogP contribution in [0, 0.1) is 0 Å². The number of H-pyrrole nitrogens is 1. The van der Waals surface area contributed by atoms with Gasteiger partial charge in [0.2, 0.25) is 0 Å². The first kappa shape index (κ1) is 18.6. The molecule has 3 aromatic rings. The van der Waals surface area contributed by atoms with Gasteiger partial charge in [0.1, 0.15) is 0 Å². The molecule has 0 spiro atoms. The number of hydrogen-bond acceptors (Lipinski definition) is 4. The summed E-state index contributed by atoms with van der Waals surface area (Å²) in [4.78, 5) is 12.8. The molecule has 1 heterocycles. The maximum Gasteiger partial charge on any atom is 0.189 e. The van der Waals surface area contributed by atoms with Gasteiger partial charge in [0.05, 0.1) is 35.7 Å². The van der Waals surface area contributed by atoms with Crippen LogP contribution in [0.2, 0.25) is 10.0 Å². The molecule has 28 heavy (non-hydrogen) atoms. The van der Waals surface area contributed by atoms with Crippen LogP contribution in [0.3, 0.4) is 0 Å². The lowest BCUT2D eigenvalue weighted by Gasteiger charge is -2.08. The van der Waals surface area contributed by atoms with Gasteiger partial charge in [-0.3, -0.25) is 9.89 Å². The number of carbonyl (C=O) groups is 1. The van der Waals surface area contributed by atoms with Crippen LogP contribution < -0.4 is 9.47 Å². The van der Waals surface area contributed by atoms with Gasteiger partial charge >= 0.3 is 0 Å². The molecule has 0 atom stereocenters. The van der Waals surface area contributed by atoms with E-state index in [0.717, 1.165) is 22.5 Å². The fraction of sp³-hybridized carbons (Fsp3) is 0.143. The van der Waals surface area contributed by atoms with Crippen molar-refractivity contribution >= 4 is 35.1 Å². The van der Waals surface area contributed by atoms with E-state index in [1.807, 2.05) is 24.3 Å². The highest BCUT2D eigenvalue weighted by Crippen LogP contribution is 2.37. The van der Waals surface area contributed by atoms with Crippen LogP contribution in [0.25, 0.3) is 17.3 Å². The number of methoxy groups -OCH3 is 2. The number of allylic oxidation sites excluding steroid dienone is 1. The Balaban J connectivity index is 1.64. The van der Waals surface area contributed by atoms with Crippen LogP contribution >= 0.6 is 23.2 Å². The number of fused-ring (bicyclic) bond motifs is 1. The van der Waals surface area contributed by atoms with Crippen molar-refractivity contribution in [3.63, 3.8) is 0 Å². The van der Waals surface area contributed by atoms with Gasteiger partial charge in [0, 0.05) is 23.1 Å². The molecule has 0 saturated carbocycles. The number of ketones is 1. The van der Waals surface area contributed by atoms with Crippen molar-refractivity contribution in [3.8, 4) is 22.8 Å². The van der Waals surface area contributed by atoms with Crippen molar-refractivity contribution in [1.82, 2.24) is 10.2 Å². The van der Waals surface area contributed by atoms with E-state index >= 15 is 0 Å². The van der Waals surface area contributed by atoms with E-state index in [0.29, 0.717) is 39.1 Å². The molecule has 4 rings (SSSR count). The van der Waals surface area contributed by atoms with Gasteiger partial charge in [0.25, 0.3) is 0 Å². The second-order valence-corrected chi connectivity index (χ2v) is 7.19. The third-order valence-electron chi connectivity index (χ3n) is 4.67. The van der Waals surface area contributed by atoms with Crippen LogP contribution in [-0.2, 0) is 6.42 Å². The Labute approximate surface area is 171 Å². The summed E-state index contributed by atoms with van der Waals surface area (Å²) >= 11 is 12.0. The second kappa shape index (κ2) is 7.34. The average Bonchev–Trinajstić information content (AvgIpc) is 3.28. The molecule has 5 nitrogen and oxygen atoms in total. The van der Waals surface area contributed by atoms with Gasteiger partial charge in [-0.1, -0.05) is 29.3 Å². The van der Waals surface area contributed by atoms with E-state index in [4.69, 9.17) is 32.7 Å². The fourth-order valence-corrected chi connectivity index (χ4v) is 3.55. The number of rotatable bonds is 4. The molecule has 1 N–H and O–H groups in total. The van der Waals surface area contributed by atoms with E-state index < -0.39 is 0 Å². The van der Waals surface area contributed by atoms with Crippen LogP contribution in [-0.4, -0.2) is 30.2 Å². The lowest BCUT2D eigenvalue weighted by molar-refractivity contribution is 0.104. The molecule has 0 amide bonds. The first-order chi connectivity index (χ1) is 13.5. The molecular formula is C21H16Cl2N2O3. The summed E-state index contributed by atoms with van der Waals surface area (Å²) in [5, 5.41) is 8.21. The van der Waals surface area contributed by atoms with Crippen LogP contribution in [0.4, 0.5) is 0 Å².